The maximum Gasteiger partial charge on any atom is 0.147 e. The standard InChI is InChI=1S/C14H22ClN3O/c1-3-18(6-7-19-2)14-13(15)8-11(10-17-14)9-16-12-4-5-12/h8,10,12,16H,3-7,9H2,1-2H3. The number of anilines is 1. The minimum Gasteiger partial charge on any atom is -0.383 e. The van der Waals surface area contributed by atoms with Gasteiger partial charge < -0.3 is 15.0 Å². The zero-order chi connectivity index (χ0) is 13.7. The van der Waals surface area contributed by atoms with Gasteiger partial charge in [0.25, 0.3) is 0 Å². The summed E-state index contributed by atoms with van der Waals surface area (Å²) in [4.78, 5) is 6.63. The third-order valence-corrected chi connectivity index (χ3v) is 3.58. The summed E-state index contributed by atoms with van der Waals surface area (Å²) in [6, 6.07) is 2.71. The molecule has 0 bridgehead atoms. The second-order valence-electron chi connectivity index (χ2n) is 4.88. The molecule has 1 saturated carbocycles. The molecule has 1 aromatic heterocycles. The summed E-state index contributed by atoms with van der Waals surface area (Å²) in [5, 5.41) is 4.18. The van der Waals surface area contributed by atoms with Crippen LogP contribution in [0.25, 0.3) is 0 Å². The second-order valence-corrected chi connectivity index (χ2v) is 5.28. The number of hydrogen-bond acceptors (Lipinski definition) is 4. The normalized spacial score (nSPS) is 14.7. The molecular weight excluding hydrogens is 262 g/mol. The first kappa shape index (κ1) is 14.6. The van der Waals surface area contributed by atoms with Gasteiger partial charge in [0.15, 0.2) is 0 Å². The SMILES string of the molecule is CCN(CCOC)c1ncc(CNC2CC2)cc1Cl. The van der Waals surface area contributed by atoms with Crippen molar-refractivity contribution in [3.05, 3.63) is 22.8 Å². The van der Waals surface area contributed by atoms with Crippen LogP contribution in [0.3, 0.4) is 0 Å². The smallest absolute Gasteiger partial charge is 0.147 e. The zero-order valence-corrected chi connectivity index (χ0v) is 12.4. The molecule has 1 aliphatic carbocycles. The molecule has 0 amide bonds. The number of rotatable bonds is 8. The average Bonchev–Trinajstić information content (AvgIpc) is 3.23. The zero-order valence-electron chi connectivity index (χ0n) is 11.7. The van der Waals surface area contributed by atoms with Crippen molar-refractivity contribution in [2.24, 2.45) is 0 Å². The largest absolute Gasteiger partial charge is 0.383 e. The molecule has 1 N–H and O–H groups in total. The van der Waals surface area contributed by atoms with E-state index >= 15 is 0 Å². The molecule has 1 aromatic rings. The van der Waals surface area contributed by atoms with Gasteiger partial charge in [-0.3, -0.25) is 0 Å². The minimum absolute atomic E-state index is 0.677. The van der Waals surface area contributed by atoms with Crippen LogP contribution >= 0.6 is 11.6 Å². The predicted octanol–water partition coefficient (Wildman–Crippen LogP) is 2.46. The quantitative estimate of drug-likeness (QED) is 0.795. The van der Waals surface area contributed by atoms with Gasteiger partial charge in [0.05, 0.1) is 11.6 Å². The number of likely N-dealkylation sites (N-methyl/N-ethyl adjacent to an activating group) is 1. The summed E-state index contributed by atoms with van der Waals surface area (Å²) in [5.74, 6) is 0.844. The molecule has 0 aliphatic heterocycles. The molecule has 0 aromatic carbocycles. The Bertz CT molecular complexity index is 410. The van der Waals surface area contributed by atoms with Crippen molar-refractivity contribution < 1.29 is 4.74 Å². The van der Waals surface area contributed by atoms with Crippen molar-refractivity contribution >= 4 is 17.4 Å². The Balaban J connectivity index is 1.99. The van der Waals surface area contributed by atoms with Gasteiger partial charge in [0.1, 0.15) is 5.82 Å². The summed E-state index contributed by atoms with van der Waals surface area (Å²) in [7, 11) is 1.70. The van der Waals surface area contributed by atoms with E-state index in [1.54, 1.807) is 7.11 Å². The van der Waals surface area contributed by atoms with Crippen molar-refractivity contribution in [2.45, 2.75) is 32.4 Å². The molecule has 0 unspecified atom stereocenters. The summed E-state index contributed by atoms with van der Waals surface area (Å²) >= 11 is 6.34. The Labute approximate surface area is 120 Å². The molecule has 5 heteroatoms. The highest BCUT2D eigenvalue weighted by atomic mass is 35.5. The summed E-state index contributed by atoms with van der Waals surface area (Å²) in [6.45, 7) is 5.30. The second kappa shape index (κ2) is 7.08. The Morgan fingerprint density at radius 2 is 2.32 bits per heavy atom. The Kier molecular flexibility index (Phi) is 5.43. The fourth-order valence-electron chi connectivity index (χ4n) is 1.96. The van der Waals surface area contributed by atoms with Crippen LogP contribution in [-0.4, -0.2) is 37.8 Å². The Morgan fingerprint density at radius 1 is 1.53 bits per heavy atom. The van der Waals surface area contributed by atoms with Crippen LogP contribution in [0, 0.1) is 0 Å². The van der Waals surface area contributed by atoms with Gasteiger partial charge in [-0.1, -0.05) is 11.6 Å². The van der Waals surface area contributed by atoms with Crippen LogP contribution in [0.4, 0.5) is 5.82 Å². The third-order valence-electron chi connectivity index (χ3n) is 3.30. The predicted molar refractivity (Wildman–Crippen MR) is 78.9 cm³/mol. The van der Waals surface area contributed by atoms with Crippen molar-refractivity contribution in [3.63, 3.8) is 0 Å². The number of aromatic nitrogens is 1. The number of nitrogens with one attached hydrogen (secondary N) is 1. The van der Waals surface area contributed by atoms with Gasteiger partial charge in [-0.15, -0.1) is 0 Å². The van der Waals surface area contributed by atoms with Gasteiger partial charge in [0, 0.05) is 39.0 Å². The average molecular weight is 284 g/mol. The lowest BCUT2D eigenvalue weighted by Crippen LogP contribution is -2.28. The van der Waals surface area contributed by atoms with Gasteiger partial charge in [-0.25, -0.2) is 4.98 Å². The van der Waals surface area contributed by atoms with E-state index < -0.39 is 0 Å². The van der Waals surface area contributed by atoms with E-state index in [-0.39, 0.29) is 0 Å². The van der Waals surface area contributed by atoms with Gasteiger partial charge in [0.2, 0.25) is 0 Å². The maximum atomic E-state index is 6.34. The monoisotopic (exact) mass is 283 g/mol. The highest BCUT2D eigenvalue weighted by Crippen LogP contribution is 2.25. The Morgan fingerprint density at radius 3 is 2.89 bits per heavy atom. The molecule has 0 radical (unpaired) electrons. The van der Waals surface area contributed by atoms with Crippen molar-refractivity contribution in [3.8, 4) is 0 Å². The fourth-order valence-corrected chi connectivity index (χ4v) is 2.27. The molecule has 1 fully saturated rings. The molecule has 0 atom stereocenters. The third kappa shape index (κ3) is 4.34. The van der Waals surface area contributed by atoms with E-state index in [9.17, 15) is 0 Å². The van der Waals surface area contributed by atoms with Crippen molar-refractivity contribution in [1.29, 1.82) is 0 Å². The maximum absolute atomic E-state index is 6.34. The molecule has 0 saturated heterocycles. The van der Waals surface area contributed by atoms with Crippen LogP contribution in [0.1, 0.15) is 25.3 Å². The lowest BCUT2D eigenvalue weighted by atomic mass is 10.2. The number of ether oxygens (including phenoxy) is 1. The summed E-state index contributed by atoms with van der Waals surface area (Å²) in [5.41, 5.74) is 1.14. The molecule has 0 spiro atoms. The molecule has 2 rings (SSSR count). The number of methoxy groups -OCH3 is 1. The minimum atomic E-state index is 0.677. The first-order chi connectivity index (χ1) is 9.24. The Hall–Kier alpha value is -0.840. The fraction of sp³-hybridized carbons (Fsp3) is 0.643. The van der Waals surface area contributed by atoms with Crippen LogP contribution < -0.4 is 10.2 Å². The van der Waals surface area contributed by atoms with Gasteiger partial charge in [-0.2, -0.15) is 0 Å². The number of pyridine rings is 1. The number of nitrogens with zero attached hydrogens (tertiary/aromatic N) is 2. The summed E-state index contributed by atoms with van der Waals surface area (Å²) in [6.07, 6.45) is 4.49. The van der Waals surface area contributed by atoms with E-state index in [0.29, 0.717) is 17.7 Å². The summed E-state index contributed by atoms with van der Waals surface area (Å²) < 4.78 is 5.11. The molecule has 1 heterocycles. The number of halogens is 1. The number of hydrogen-bond donors (Lipinski definition) is 1. The highest BCUT2D eigenvalue weighted by Gasteiger charge is 2.20. The van der Waals surface area contributed by atoms with E-state index in [1.165, 1.54) is 12.8 Å². The first-order valence-corrected chi connectivity index (χ1v) is 7.24. The topological polar surface area (TPSA) is 37.4 Å². The lowest BCUT2D eigenvalue weighted by Gasteiger charge is -2.22. The van der Waals surface area contributed by atoms with E-state index in [1.807, 2.05) is 12.3 Å². The van der Waals surface area contributed by atoms with Crippen LogP contribution in [-0.2, 0) is 11.3 Å². The van der Waals surface area contributed by atoms with Crippen LogP contribution in [0.5, 0.6) is 0 Å². The molecule has 4 nitrogen and oxygen atoms in total. The molecule has 1 aliphatic rings. The van der Waals surface area contributed by atoms with E-state index in [4.69, 9.17) is 16.3 Å². The first-order valence-electron chi connectivity index (χ1n) is 6.86. The van der Waals surface area contributed by atoms with E-state index in [0.717, 1.165) is 31.0 Å². The van der Waals surface area contributed by atoms with E-state index in [2.05, 4.69) is 22.1 Å². The van der Waals surface area contributed by atoms with Crippen molar-refractivity contribution in [1.82, 2.24) is 10.3 Å². The molecule has 106 valence electrons. The lowest BCUT2D eigenvalue weighted by molar-refractivity contribution is 0.205. The molecular formula is C14H22ClN3O. The highest BCUT2D eigenvalue weighted by molar-refractivity contribution is 6.33. The van der Waals surface area contributed by atoms with Crippen LogP contribution in [0.15, 0.2) is 12.3 Å². The van der Waals surface area contributed by atoms with Crippen LogP contribution in [0.2, 0.25) is 5.02 Å². The van der Waals surface area contributed by atoms with Crippen molar-refractivity contribution in [2.75, 3.05) is 31.7 Å². The van der Waals surface area contributed by atoms with Gasteiger partial charge >= 0.3 is 0 Å². The molecule has 19 heavy (non-hydrogen) atoms. The van der Waals surface area contributed by atoms with Gasteiger partial charge in [-0.05, 0) is 31.4 Å².